The first-order chi connectivity index (χ1) is 13.7. The lowest BCUT2D eigenvalue weighted by Crippen LogP contribution is -2.40. The zero-order chi connectivity index (χ0) is 19.3. The van der Waals surface area contributed by atoms with Gasteiger partial charge in [0.2, 0.25) is 5.91 Å². The number of nitrogens with one attached hydrogen (secondary N) is 1. The molecule has 9 heteroatoms. The van der Waals surface area contributed by atoms with Gasteiger partial charge in [0.25, 0.3) is 0 Å². The minimum Gasteiger partial charge on any atom is -0.356 e. The third kappa shape index (κ3) is 4.13. The van der Waals surface area contributed by atoms with Gasteiger partial charge in [0.1, 0.15) is 30.6 Å². The van der Waals surface area contributed by atoms with Crippen LogP contribution in [0.1, 0.15) is 18.4 Å². The summed E-state index contributed by atoms with van der Waals surface area (Å²) in [5.74, 6) is 1.19. The number of benzene rings is 1. The minimum absolute atomic E-state index is 0.0340. The number of hydrogen-bond acceptors (Lipinski definition) is 6. The number of carbonyl (C=O) groups excluding carboxylic acids is 1. The molecule has 0 spiro atoms. The van der Waals surface area contributed by atoms with Crippen molar-refractivity contribution in [1.29, 1.82) is 0 Å². The van der Waals surface area contributed by atoms with Crippen LogP contribution in [0.15, 0.2) is 49.3 Å². The highest BCUT2D eigenvalue weighted by molar-refractivity contribution is 5.79. The Bertz CT molecular complexity index is 922. The van der Waals surface area contributed by atoms with Gasteiger partial charge >= 0.3 is 0 Å². The second-order valence-corrected chi connectivity index (χ2v) is 6.68. The highest BCUT2D eigenvalue weighted by Crippen LogP contribution is 2.22. The van der Waals surface area contributed by atoms with E-state index in [1.807, 2.05) is 6.07 Å². The van der Waals surface area contributed by atoms with Gasteiger partial charge in [0.05, 0.1) is 0 Å². The molecule has 3 aromatic rings. The molecule has 8 nitrogen and oxygen atoms in total. The summed E-state index contributed by atoms with van der Waals surface area (Å²) in [4.78, 5) is 27.1. The Morgan fingerprint density at radius 2 is 1.86 bits per heavy atom. The number of aromatic nitrogens is 5. The highest BCUT2D eigenvalue weighted by atomic mass is 19.1. The zero-order valence-corrected chi connectivity index (χ0v) is 15.2. The molecule has 144 valence electrons. The van der Waals surface area contributed by atoms with Crippen LogP contribution in [0, 0.1) is 11.7 Å². The topological polar surface area (TPSA) is 88.8 Å². The first-order valence-corrected chi connectivity index (χ1v) is 9.13. The molecule has 28 heavy (non-hydrogen) atoms. The third-order valence-electron chi connectivity index (χ3n) is 4.86. The average Bonchev–Trinajstić information content (AvgIpc) is 3.28. The molecule has 1 N–H and O–H groups in total. The van der Waals surface area contributed by atoms with Crippen molar-refractivity contribution < 1.29 is 9.18 Å². The fraction of sp³-hybridized carbons (Fsp3) is 0.316. The van der Waals surface area contributed by atoms with E-state index < -0.39 is 0 Å². The quantitative estimate of drug-likeness (QED) is 0.724. The Morgan fingerprint density at radius 1 is 1.11 bits per heavy atom. The summed E-state index contributed by atoms with van der Waals surface area (Å²) in [6, 6.07) is 8.02. The predicted octanol–water partition coefficient (Wildman–Crippen LogP) is 1.73. The monoisotopic (exact) mass is 381 g/mol. The van der Waals surface area contributed by atoms with Gasteiger partial charge in [-0.15, -0.1) is 0 Å². The van der Waals surface area contributed by atoms with Crippen molar-refractivity contribution in [2.45, 2.75) is 19.4 Å². The average molecular weight is 381 g/mol. The Morgan fingerprint density at radius 3 is 2.57 bits per heavy atom. The maximum Gasteiger partial charge on any atom is 0.223 e. The van der Waals surface area contributed by atoms with Crippen molar-refractivity contribution in [3.63, 3.8) is 0 Å². The number of halogens is 1. The molecule has 4 rings (SSSR count). The summed E-state index contributed by atoms with van der Waals surface area (Å²) >= 11 is 0. The van der Waals surface area contributed by atoms with Crippen LogP contribution < -0.4 is 10.2 Å². The molecule has 1 amide bonds. The molecule has 0 aliphatic carbocycles. The third-order valence-corrected chi connectivity index (χ3v) is 4.86. The molecule has 1 aromatic carbocycles. The van der Waals surface area contributed by atoms with Crippen LogP contribution in [0.25, 0.3) is 5.82 Å². The van der Waals surface area contributed by atoms with E-state index in [-0.39, 0.29) is 17.6 Å². The molecule has 1 fully saturated rings. The molecule has 1 aliphatic rings. The van der Waals surface area contributed by atoms with Gasteiger partial charge in [0.15, 0.2) is 5.82 Å². The van der Waals surface area contributed by atoms with Gasteiger partial charge < -0.3 is 10.2 Å². The Kier molecular flexibility index (Phi) is 5.22. The molecule has 0 atom stereocenters. The van der Waals surface area contributed by atoms with Crippen molar-refractivity contribution in [1.82, 2.24) is 30.0 Å². The molecule has 0 unspecified atom stereocenters. The summed E-state index contributed by atoms with van der Waals surface area (Å²) in [5.41, 5.74) is 0.883. The summed E-state index contributed by atoms with van der Waals surface area (Å²) in [6.45, 7) is 1.89. The first-order valence-electron chi connectivity index (χ1n) is 9.13. The number of nitrogens with zero attached hydrogens (tertiary/aromatic N) is 6. The van der Waals surface area contributed by atoms with E-state index in [4.69, 9.17) is 0 Å². The lowest BCUT2D eigenvalue weighted by molar-refractivity contribution is -0.125. The van der Waals surface area contributed by atoms with E-state index >= 15 is 0 Å². The zero-order valence-electron chi connectivity index (χ0n) is 15.2. The van der Waals surface area contributed by atoms with Gasteiger partial charge in [-0.2, -0.15) is 5.10 Å². The van der Waals surface area contributed by atoms with Gasteiger partial charge in [0, 0.05) is 31.6 Å². The van der Waals surface area contributed by atoms with E-state index in [1.165, 1.54) is 24.8 Å². The fourth-order valence-electron chi connectivity index (χ4n) is 3.27. The SMILES string of the molecule is O=C(NCc1ccc(F)cc1)C1CCN(c2cc(-n3cncn3)ncn2)CC1. The number of anilines is 1. The second kappa shape index (κ2) is 8.12. The largest absolute Gasteiger partial charge is 0.356 e. The lowest BCUT2D eigenvalue weighted by Gasteiger charge is -2.32. The minimum atomic E-state index is -0.279. The number of piperidine rings is 1. The van der Waals surface area contributed by atoms with Crippen LogP contribution in [0.2, 0.25) is 0 Å². The van der Waals surface area contributed by atoms with Crippen molar-refractivity contribution in [3.8, 4) is 5.82 Å². The van der Waals surface area contributed by atoms with E-state index in [0.717, 1.165) is 37.3 Å². The van der Waals surface area contributed by atoms with Crippen molar-refractivity contribution in [3.05, 3.63) is 60.7 Å². The molecule has 1 saturated heterocycles. The van der Waals surface area contributed by atoms with Gasteiger partial charge in [-0.25, -0.2) is 24.0 Å². The van der Waals surface area contributed by atoms with Gasteiger partial charge in [-0.1, -0.05) is 12.1 Å². The molecule has 0 saturated carbocycles. The Labute approximate surface area is 161 Å². The molecule has 1 aliphatic heterocycles. The number of amides is 1. The van der Waals surface area contributed by atoms with Gasteiger partial charge in [-0.05, 0) is 30.5 Å². The van der Waals surface area contributed by atoms with Crippen molar-refractivity contribution in [2.75, 3.05) is 18.0 Å². The van der Waals surface area contributed by atoms with Crippen LogP contribution in [0.4, 0.5) is 10.2 Å². The van der Waals surface area contributed by atoms with Crippen LogP contribution in [-0.2, 0) is 11.3 Å². The molecule has 3 heterocycles. The maximum absolute atomic E-state index is 12.9. The van der Waals surface area contributed by atoms with Crippen LogP contribution in [-0.4, -0.2) is 43.7 Å². The molecular formula is C19H20FN7O. The Balaban J connectivity index is 1.31. The number of carbonyl (C=O) groups is 1. The highest BCUT2D eigenvalue weighted by Gasteiger charge is 2.25. The van der Waals surface area contributed by atoms with Crippen LogP contribution >= 0.6 is 0 Å². The second-order valence-electron chi connectivity index (χ2n) is 6.68. The van der Waals surface area contributed by atoms with Gasteiger partial charge in [-0.3, -0.25) is 4.79 Å². The smallest absolute Gasteiger partial charge is 0.223 e. The standard InChI is InChI=1S/C19H20FN7O/c20-16-3-1-14(2-4-16)10-22-19(28)15-5-7-26(8-6-15)17-9-18(24-12-23-17)27-13-21-11-25-27/h1-4,9,11-13,15H,5-8,10H2,(H,22,28). The van der Waals surface area contributed by atoms with E-state index in [9.17, 15) is 9.18 Å². The predicted molar refractivity (Wildman–Crippen MR) is 100 cm³/mol. The molecule has 2 aromatic heterocycles. The van der Waals surface area contributed by atoms with E-state index in [2.05, 4.69) is 30.3 Å². The van der Waals surface area contributed by atoms with Crippen LogP contribution in [0.5, 0.6) is 0 Å². The molecular weight excluding hydrogens is 361 g/mol. The van der Waals surface area contributed by atoms with Crippen molar-refractivity contribution in [2.24, 2.45) is 5.92 Å². The summed E-state index contributed by atoms with van der Waals surface area (Å²) in [7, 11) is 0. The first kappa shape index (κ1) is 18.0. The normalized spacial score (nSPS) is 14.8. The van der Waals surface area contributed by atoms with Crippen LogP contribution in [0.3, 0.4) is 0 Å². The number of rotatable bonds is 5. The summed E-state index contributed by atoms with van der Waals surface area (Å²) < 4.78 is 14.5. The molecule has 0 radical (unpaired) electrons. The fourth-order valence-corrected chi connectivity index (χ4v) is 3.27. The maximum atomic E-state index is 12.9. The lowest BCUT2D eigenvalue weighted by atomic mass is 9.96. The van der Waals surface area contributed by atoms with E-state index in [0.29, 0.717) is 12.4 Å². The molecule has 0 bridgehead atoms. The van der Waals surface area contributed by atoms with E-state index in [1.54, 1.807) is 23.1 Å². The summed E-state index contributed by atoms with van der Waals surface area (Å²) in [5, 5.41) is 7.03. The number of hydrogen-bond donors (Lipinski definition) is 1. The van der Waals surface area contributed by atoms with Crippen molar-refractivity contribution >= 4 is 11.7 Å². The summed E-state index contributed by atoms with van der Waals surface area (Å²) in [6.07, 6.45) is 6.05. The Hall–Kier alpha value is -3.36.